The summed E-state index contributed by atoms with van der Waals surface area (Å²) in [5.74, 6) is -23.3. The maximum Gasteiger partial charge on any atom is 0.196 e. The summed E-state index contributed by atoms with van der Waals surface area (Å²) in [6.07, 6.45) is -7.21. The van der Waals surface area contributed by atoms with Crippen LogP contribution in [-0.2, 0) is 4.79 Å². The Balaban J connectivity index is 2.73. The molecule has 4 unspecified atom stereocenters. The predicted octanol–water partition coefficient (Wildman–Crippen LogP) is 5.87. The SMILES string of the molecule is CC1(C(=O)C2(C)C(F)=C(F)C(F)=C(F)C2F)C(F)=C(F)C(F)=C(F)C1F. The lowest BCUT2D eigenvalue weighted by Crippen LogP contribution is -2.53. The third kappa shape index (κ3) is 2.21. The fourth-order valence-corrected chi connectivity index (χ4v) is 2.78. The molecule has 2 aliphatic rings. The van der Waals surface area contributed by atoms with Gasteiger partial charge in [-0.2, -0.15) is 0 Å². The van der Waals surface area contributed by atoms with E-state index in [0.29, 0.717) is 0 Å². The zero-order chi connectivity index (χ0) is 20.4. The van der Waals surface area contributed by atoms with Gasteiger partial charge in [-0.1, -0.05) is 0 Å². The van der Waals surface area contributed by atoms with E-state index in [9.17, 15) is 48.7 Å². The van der Waals surface area contributed by atoms with Crippen molar-refractivity contribution < 1.29 is 48.7 Å². The molecule has 0 aromatic carbocycles. The third-order valence-corrected chi connectivity index (χ3v) is 4.50. The minimum atomic E-state index is -3.71. The van der Waals surface area contributed by atoms with Crippen LogP contribution in [0.4, 0.5) is 43.9 Å². The van der Waals surface area contributed by atoms with E-state index < -0.39 is 75.6 Å². The van der Waals surface area contributed by atoms with Gasteiger partial charge >= 0.3 is 0 Å². The van der Waals surface area contributed by atoms with E-state index in [1.165, 1.54) is 0 Å². The van der Waals surface area contributed by atoms with E-state index in [2.05, 4.69) is 0 Å². The Morgan fingerprint density at radius 1 is 0.654 bits per heavy atom. The number of hydrogen-bond acceptors (Lipinski definition) is 1. The number of carbonyl (C=O) groups excluding carboxylic acids is 1. The Bertz CT molecular complexity index is 756. The molecule has 0 aliphatic heterocycles. The number of allylic oxidation sites excluding steroid dienone is 8. The van der Waals surface area contributed by atoms with E-state index in [1.807, 2.05) is 0 Å². The van der Waals surface area contributed by atoms with E-state index in [4.69, 9.17) is 0 Å². The summed E-state index contributed by atoms with van der Waals surface area (Å²) in [7, 11) is 0. The molecule has 0 fully saturated rings. The standard InChI is InChI=1S/C15H8F10O/c1-14(9(22)5(18)3(16)6(19)10(14)23)13(26)15(2)11(24)7(20)4(17)8(21)12(15)25/h9,11H,1-2H3. The minimum absolute atomic E-state index is 0.122. The number of hydrogen-bond donors (Lipinski definition) is 0. The second kappa shape index (κ2) is 5.98. The highest BCUT2D eigenvalue weighted by Gasteiger charge is 2.64. The molecule has 0 radical (unpaired) electrons. The van der Waals surface area contributed by atoms with Gasteiger partial charge < -0.3 is 0 Å². The Morgan fingerprint density at radius 2 is 0.923 bits per heavy atom. The summed E-state index contributed by atoms with van der Waals surface area (Å²) in [4.78, 5) is 12.4. The van der Waals surface area contributed by atoms with E-state index in [1.54, 1.807) is 0 Å². The Kier molecular flexibility index (Phi) is 4.66. The number of Topliss-reactive ketones (excluding diaryl/α,β-unsaturated/α-hetero) is 1. The molecule has 2 rings (SSSR count). The highest BCUT2D eigenvalue weighted by Crippen LogP contribution is 2.56. The van der Waals surface area contributed by atoms with Crippen molar-refractivity contribution in [3.63, 3.8) is 0 Å². The highest BCUT2D eigenvalue weighted by molar-refractivity contribution is 5.97. The maximum absolute atomic E-state index is 14.1. The van der Waals surface area contributed by atoms with Crippen molar-refractivity contribution in [1.82, 2.24) is 0 Å². The largest absolute Gasteiger partial charge is 0.297 e. The molecule has 144 valence electrons. The average molecular weight is 394 g/mol. The van der Waals surface area contributed by atoms with Gasteiger partial charge in [0.25, 0.3) is 0 Å². The molecule has 0 saturated carbocycles. The molecule has 11 heteroatoms. The summed E-state index contributed by atoms with van der Waals surface area (Å²) in [5, 5.41) is 0. The molecule has 0 heterocycles. The van der Waals surface area contributed by atoms with Crippen LogP contribution in [0.3, 0.4) is 0 Å². The van der Waals surface area contributed by atoms with E-state index in [0.717, 1.165) is 0 Å². The fraction of sp³-hybridized carbons (Fsp3) is 0.400. The summed E-state index contributed by atoms with van der Waals surface area (Å²) in [6, 6.07) is 0. The van der Waals surface area contributed by atoms with E-state index in [-0.39, 0.29) is 13.8 Å². The van der Waals surface area contributed by atoms with Crippen molar-refractivity contribution >= 4 is 5.78 Å². The van der Waals surface area contributed by atoms with Gasteiger partial charge in [-0.3, -0.25) is 4.79 Å². The topological polar surface area (TPSA) is 17.1 Å². The summed E-state index contributed by atoms with van der Waals surface area (Å²) in [5.41, 5.74) is -7.43. The van der Waals surface area contributed by atoms with Crippen LogP contribution in [0.15, 0.2) is 46.6 Å². The molecule has 0 aromatic rings. The lowest BCUT2D eigenvalue weighted by atomic mass is 9.63. The lowest BCUT2D eigenvalue weighted by Gasteiger charge is -2.41. The van der Waals surface area contributed by atoms with Gasteiger partial charge in [-0.25, -0.2) is 43.9 Å². The van der Waals surface area contributed by atoms with Crippen LogP contribution in [0.25, 0.3) is 0 Å². The molecule has 0 amide bonds. The molecule has 0 N–H and O–H groups in total. The maximum atomic E-state index is 14.1. The van der Waals surface area contributed by atoms with Crippen LogP contribution in [0.1, 0.15) is 13.8 Å². The summed E-state index contributed by atoms with van der Waals surface area (Å²) < 4.78 is 136. The van der Waals surface area contributed by atoms with Gasteiger partial charge in [0.1, 0.15) is 10.8 Å². The number of alkyl halides is 2. The average Bonchev–Trinajstić information content (AvgIpc) is 2.63. The normalized spacial score (nSPS) is 36.3. The van der Waals surface area contributed by atoms with Crippen LogP contribution >= 0.6 is 0 Å². The summed E-state index contributed by atoms with van der Waals surface area (Å²) >= 11 is 0. The zero-order valence-corrected chi connectivity index (χ0v) is 12.8. The fourth-order valence-electron chi connectivity index (χ4n) is 2.78. The van der Waals surface area contributed by atoms with Crippen LogP contribution in [0, 0.1) is 10.8 Å². The van der Waals surface area contributed by atoms with Crippen molar-refractivity contribution in [2.75, 3.05) is 0 Å². The lowest BCUT2D eigenvalue weighted by molar-refractivity contribution is -0.142. The van der Waals surface area contributed by atoms with Gasteiger partial charge in [-0.15, -0.1) is 0 Å². The number of rotatable bonds is 2. The molecule has 0 saturated heterocycles. The Hall–Kier alpha value is -2.07. The summed E-state index contributed by atoms with van der Waals surface area (Å²) in [6.45, 7) is 0.243. The molecule has 0 bridgehead atoms. The minimum Gasteiger partial charge on any atom is -0.297 e. The molecule has 2 aliphatic carbocycles. The molecule has 26 heavy (non-hydrogen) atoms. The van der Waals surface area contributed by atoms with Gasteiger partial charge in [0.2, 0.25) is 0 Å². The van der Waals surface area contributed by atoms with Gasteiger partial charge in [0, 0.05) is 0 Å². The Labute approximate surface area is 139 Å². The molecule has 1 nitrogen and oxygen atoms in total. The number of ketones is 1. The molecular formula is C15H8F10O. The number of carbonyl (C=O) groups is 1. The second-order valence-electron chi connectivity index (χ2n) is 6.04. The van der Waals surface area contributed by atoms with Crippen LogP contribution < -0.4 is 0 Å². The first-order chi connectivity index (χ1) is 11.7. The first-order valence-electron chi connectivity index (χ1n) is 6.81. The monoisotopic (exact) mass is 394 g/mol. The second-order valence-corrected chi connectivity index (χ2v) is 6.04. The van der Waals surface area contributed by atoms with Gasteiger partial charge in [0.05, 0.1) is 0 Å². The van der Waals surface area contributed by atoms with Crippen molar-refractivity contribution in [2.45, 2.75) is 26.2 Å². The van der Waals surface area contributed by atoms with Crippen LogP contribution in [-0.4, -0.2) is 18.1 Å². The van der Waals surface area contributed by atoms with Crippen molar-refractivity contribution in [1.29, 1.82) is 0 Å². The highest BCUT2D eigenvalue weighted by atomic mass is 19.2. The molecule has 0 spiro atoms. The van der Waals surface area contributed by atoms with Gasteiger partial charge in [0.15, 0.2) is 64.7 Å². The van der Waals surface area contributed by atoms with Gasteiger partial charge in [-0.05, 0) is 13.8 Å². The first-order valence-corrected chi connectivity index (χ1v) is 6.81. The quantitative estimate of drug-likeness (QED) is 0.535. The third-order valence-electron chi connectivity index (χ3n) is 4.50. The Morgan fingerprint density at radius 3 is 1.19 bits per heavy atom. The number of halogens is 10. The molecule has 4 atom stereocenters. The molecular weight excluding hydrogens is 386 g/mol. The first kappa shape index (κ1) is 20.2. The van der Waals surface area contributed by atoms with Crippen molar-refractivity contribution in [3.05, 3.63) is 46.6 Å². The predicted molar refractivity (Wildman–Crippen MR) is 68.0 cm³/mol. The molecule has 0 aromatic heterocycles. The zero-order valence-electron chi connectivity index (χ0n) is 12.8. The van der Waals surface area contributed by atoms with Crippen LogP contribution in [0.5, 0.6) is 0 Å². The smallest absolute Gasteiger partial charge is 0.196 e. The van der Waals surface area contributed by atoms with Crippen LogP contribution in [0.2, 0.25) is 0 Å². The van der Waals surface area contributed by atoms with E-state index >= 15 is 0 Å². The van der Waals surface area contributed by atoms with Crippen molar-refractivity contribution in [3.8, 4) is 0 Å². The van der Waals surface area contributed by atoms with Crippen molar-refractivity contribution in [2.24, 2.45) is 10.8 Å².